The van der Waals surface area contributed by atoms with Crippen LogP contribution < -0.4 is 14.5 Å². The van der Waals surface area contributed by atoms with Crippen molar-refractivity contribution in [2.75, 3.05) is 38.1 Å². The molecule has 1 saturated heterocycles. The molecule has 28 heavy (non-hydrogen) atoms. The number of nitrogens with one attached hydrogen (secondary N) is 1. The van der Waals surface area contributed by atoms with Crippen molar-refractivity contribution in [1.82, 2.24) is 4.98 Å². The molecule has 6 nitrogen and oxygen atoms in total. The van der Waals surface area contributed by atoms with E-state index >= 15 is 0 Å². The second-order valence-corrected chi connectivity index (χ2v) is 8.10. The minimum atomic E-state index is -0.443. The molecule has 2 heterocycles. The topological polar surface area (TPSA) is 63.9 Å². The average Bonchev–Trinajstić information content (AvgIpc) is 3.12. The number of esters is 1. The summed E-state index contributed by atoms with van der Waals surface area (Å²) in [5, 5.41) is 1.02. The SMILES string of the molecule is CC(=O)c1ccc(C(=O)Oc2ccc3nc(N4CC[NH+](C)CC4)sc3c2)cc1. The van der Waals surface area contributed by atoms with Crippen LogP contribution >= 0.6 is 11.3 Å². The summed E-state index contributed by atoms with van der Waals surface area (Å²) in [6.07, 6.45) is 0. The molecule has 0 amide bonds. The molecule has 4 rings (SSSR count). The summed E-state index contributed by atoms with van der Waals surface area (Å²) in [7, 11) is 2.21. The smallest absolute Gasteiger partial charge is 0.343 e. The number of aromatic nitrogens is 1. The number of hydrogen-bond donors (Lipinski definition) is 1. The van der Waals surface area contributed by atoms with E-state index in [0.29, 0.717) is 16.9 Å². The van der Waals surface area contributed by atoms with Gasteiger partial charge in [0.1, 0.15) is 5.75 Å². The maximum atomic E-state index is 12.4. The molecule has 1 aromatic heterocycles. The van der Waals surface area contributed by atoms with Gasteiger partial charge in [-0.15, -0.1) is 0 Å². The van der Waals surface area contributed by atoms with Gasteiger partial charge < -0.3 is 14.5 Å². The number of piperazine rings is 1. The van der Waals surface area contributed by atoms with Crippen molar-refractivity contribution in [2.45, 2.75) is 6.92 Å². The zero-order valence-electron chi connectivity index (χ0n) is 15.9. The van der Waals surface area contributed by atoms with Crippen LogP contribution in [0.3, 0.4) is 0 Å². The van der Waals surface area contributed by atoms with Gasteiger partial charge in [0.2, 0.25) is 0 Å². The summed E-state index contributed by atoms with van der Waals surface area (Å²) in [6.45, 7) is 5.73. The summed E-state index contributed by atoms with van der Waals surface area (Å²) < 4.78 is 6.51. The number of likely N-dealkylation sites (N-methyl/N-ethyl adjacent to an activating group) is 1. The predicted molar refractivity (Wildman–Crippen MR) is 110 cm³/mol. The van der Waals surface area contributed by atoms with Crippen LogP contribution in [0.15, 0.2) is 42.5 Å². The van der Waals surface area contributed by atoms with Gasteiger partial charge in [0.25, 0.3) is 0 Å². The van der Waals surface area contributed by atoms with Crippen molar-refractivity contribution in [3.8, 4) is 5.75 Å². The van der Waals surface area contributed by atoms with Crippen molar-refractivity contribution >= 4 is 38.4 Å². The summed E-state index contributed by atoms with van der Waals surface area (Å²) >= 11 is 1.62. The average molecular weight is 396 g/mol. The number of nitrogens with zero attached hydrogens (tertiary/aromatic N) is 2. The Morgan fingerprint density at radius 3 is 2.43 bits per heavy atom. The lowest BCUT2D eigenvalue weighted by Gasteiger charge is -2.29. The van der Waals surface area contributed by atoms with E-state index in [2.05, 4.69) is 11.9 Å². The minimum Gasteiger partial charge on any atom is -0.423 e. The lowest BCUT2D eigenvalue weighted by atomic mass is 10.1. The van der Waals surface area contributed by atoms with E-state index in [1.807, 2.05) is 12.1 Å². The molecule has 1 N–H and O–H groups in total. The number of hydrogen-bond acceptors (Lipinski definition) is 6. The third-order valence-electron chi connectivity index (χ3n) is 4.97. The number of carbonyl (C=O) groups excluding carboxylic acids is 2. The first-order valence-electron chi connectivity index (χ1n) is 9.29. The van der Waals surface area contributed by atoms with E-state index in [-0.39, 0.29) is 5.78 Å². The summed E-state index contributed by atoms with van der Waals surface area (Å²) in [6, 6.07) is 12.0. The molecule has 7 heteroatoms. The zero-order chi connectivity index (χ0) is 19.7. The number of Topliss-reactive ketones (excluding diaryl/α,β-unsaturated/α-hetero) is 1. The standard InChI is InChI=1S/C21H21N3O3S/c1-14(25)15-3-5-16(6-4-15)20(26)27-17-7-8-18-19(13-17)28-21(22-18)24-11-9-23(2)10-12-24/h3-8,13H,9-12H2,1-2H3/p+1. The molecule has 2 aromatic carbocycles. The minimum absolute atomic E-state index is 0.0341. The molecular formula is C21H22N3O3S+. The van der Waals surface area contributed by atoms with E-state index in [0.717, 1.165) is 41.5 Å². The van der Waals surface area contributed by atoms with Crippen LogP contribution in [-0.4, -0.2) is 50.0 Å². The fraction of sp³-hybridized carbons (Fsp3) is 0.286. The highest BCUT2D eigenvalue weighted by atomic mass is 32.1. The number of ether oxygens (including phenoxy) is 1. The number of thiazole rings is 1. The maximum absolute atomic E-state index is 12.4. The first kappa shape index (κ1) is 18.6. The van der Waals surface area contributed by atoms with Crippen molar-refractivity contribution in [2.24, 2.45) is 0 Å². The van der Waals surface area contributed by atoms with Crippen LogP contribution in [0.4, 0.5) is 5.13 Å². The van der Waals surface area contributed by atoms with Gasteiger partial charge in [0, 0.05) is 11.6 Å². The van der Waals surface area contributed by atoms with Crippen LogP contribution in [0.1, 0.15) is 27.6 Å². The Morgan fingerprint density at radius 2 is 1.75 bits per heavy atom. The number of anilines is 1. The van der Waals surface area contributed by atoms with Gasteiger partial charge in [-0.2, -0.15) is 0 Å². The summed E-state index contributed by atoms with van der Waals surface area (Å²) in [4.78, 5) is 32.3. The summed E-state index contributed by atoms with van der Waals surface area (Å²) in [5.74, 6) is 0.0144. The number of rotatable bonds is 4. The molecule has 0 radical (unpaired) electrons. The third kappa shape index (κ3) is 3.90. The molecule has 0 aliphatic carbocycles. The lowest BCUT2D eigenvalue weighted by Crippen LogP contribution is -3.12. The Hall–Kier alpha value is -2.77. The number of benzene rings is 2. The first-order chi connectivity index (χ1) is 13.5. The van der Waals surface area contributed by atoms with E-state index in [1.54, 1.807) is 46.6 Å². The Kier molecular flexibility index (Phi) is 5.11. The van der Waals surface area contributed by atoms with Crippen molar-refractivity contribution in [3.63, 3.8) is 0 Å². The third-order valence-corrected chi connectivity index (χ3v) is 6.05. The van der Waals surface area contributed by atoms with Gasteiger partial charge in [-0.1, -0.05) is 23.5 Å². The van der Waals surface area contributed by atoms with Crippen molar-refractivity contribution in [1.29, 1.82) is 0 Å². The molecule has 1 aliphatic rings. The van der Waals surface area contributed by atoms with Crippen molar-refractivity contribution in [3.05, 3.63) is 53.6 Å². The summed E-state index contributed by atoms with van der Waals surface area (Å²) in [5.41, 5.74) is 1.90. The maximum Gasteiger partial charge on any atom is 0.343 e. The van der Waals surface area contributed by atoms with Gasteiger partial charge in [-0.25, -0.2) is 9.78 Å². The molecule has 0 atom stereocenters. The molecule has 1 fully saturated rings. The first-order valence-corrected chi connectivity index (χ1v) is 10.1. The van der Waals surface area contributed by atoms with Crippen LogP contribution in [0.5, 0.6) is 5.75 Å². The normalized spacial score (nSPS) is 15.0. The Morgan fingerprint density at radius 1 is 1.07 bits per heavy atom. The Labute approximate surface area is 167 Å². The van der Waals surface area contributed by atoms with E-state index in [4.69, 9.17) is 9.72 Å². The molecule has 0 spiro atoms. The van der Waals surface area contributed by atoms with Crippen LogP contribution in [-0.2, 0) is 0 Å². The quantitative estimate of drug-likeness (QED) is 0.415. The highest BCUT2D eigenvalue weighted by molar-refractivity contribution is 7.22. The molecule has 0 unspecified atom stereocenters. The molecule has 0 bridgehead atoms. The van der Waals surface area contributed by atoms with Gasteiger partial charge in [0.05, 0.1) is 49.0 Å². The van der Waals surface area contributed by atoms with E-state index in [1.165, 1.54) is 6.92 Å². The van der Waals surface area contributed by atoms with Crippen LogP contribution in [0, 0.1) is 0 Å². The predicted octanol–water partition coefficient (Wildman–Crippen LogP) is 2.05. The molecule has 3 aromatic rings. The largest absolute Gasteiger partial charge is 0.423 e. The second kappa shape index (κ2) is 7.69. The molecular weight excluding hydrogens is 374 g/mol. The highest BCUT2D eigenvalue weighted by Gasteiger charge is 2.20. The monoisotopic (exact) mass is 396 g/mol. The fourth-order valence-corrected chi connectivity index (χ4v) is 4.22. The molecule has 0 saturated carbocycles. The Bertz CT molecular complexity index is 1020. The van der Waals surface area contributed by atoms with Gasteiger partial charge in [0.15, 0.2) is 10.9 Å². The number of quaternary nitrogens is 1. The van der Waals surface area contributed by atoms with E-state index < -0.39 is 5.97 Å². The van der Waals surface area contributed by atoms with E-state index in [9.17, 15) is 9.59 Å². The van der Waals surface area contributed by atoms with Gasteiger partial charge >= 0.3 is 5.97 Å². The Balaban J connectivity index is 1.49. The molecule has 1 aliphatic heterocycles. The number of fused-ring (bicyclic) bond motifs is 1. The van der Waals surface area contributed by atoms with Crippen molar-refractivity contribution < 1.29 is 19.2 Å². The number of ketones is 1. The highest BCUT2D eigenvalue weighted by Crippen LogP contribution is 2.31. The zero-order valence-corrected chi connectivity index (χ0v) is 16.7. The van der Waals surface area contributed by atoms with Gasteiger partial charge in [-0.05, 0) is 31.2 Å². The molecule has 144 valence electrons. The van der Waals surface area contributed by atoms with Gasteiger partial charge in [-0.3, -0.25) is 4.79 Å². The fourth-order valence-electron chi connectivity index (χ4n) is 3.18. The van der Waals surface area contributed by atoms with Crippen LogP contribution in [0.2, 0.25) is 0 Å². The second-order valence-electron chi connectivity index (χ2n) is 7.09. The lowest BCUT2D eigenvalue weighted by molar-refractivity contribution is -0.880. The van der Waals surface area contributed by atoms with Crippen LogP contribution in [0.25, 0.3) is 10.2 Å². The number of carbonyl (C=O) groups is 2.